The van der Waals surface area contributed by atoms with Gasteiger partial charge >= 0.3 is 0 Å². The Morgan fingerprint density at radius 1 is 0.342 bits per heavy atom. The zero-order valence-electron chi connectivity index (χ0n) is 52.4. The summed E-state index contributed by atoms with van der Waals surface area (Å²) < 4.78 is 0. The molecule has 10 heteroatoms. The first-order valence-corrected chi connectivity index (χ1v) is 36.1. The van der Waals surface area contributed by atoms with Crippen LogP contribution >= 0.6 is 23.5 Å². The van der Waals surface area contributed by atoms with Crippen LogP contribution in [0.25, 0.3) is 0 Å². The second-order valence-corrected chi connectivity index (χ2v) is 27.5. The molecule has 1 aliphatic heterocycles. The maximum atomic E-state index is 11.2. The first-order chi connectivity index (χ1) is 36.9. The van der Waals surface area contributed by atoms with Gasteiger partial charge in [-0.25, -0.2) is 0 Å². The predicted molar refractivity (Wildman–Crippen MR) is 341 cm³/mol. The number of piperazine rings is 1. The van der Waals surface area contributed by atoms with Crippen molar-refractivity contribution in [2.24, 2.45) is 11.8 Å². The van der Waals surface area contributed by atoms with E-state index in [1.165, 1.54) is 180 Å². The Morgan fingerprint density at radius 3 is 0.789 bits per heavy atom. The summed E-state index contributed by atoms with van der Waals surface area (Å²) >= 11 is 4.13. The zero-order valence-corrected chi connectivity index (χ0v) is 54.0. The summed E-state index contributed by atoms with van der Waals surface area (Å²) in [5.41, 5.74) is 0. The van der Waals surface area contributed by atoms with Gasteiger partial charge in [-0.2, -0.15) is 23.5 Å². The van der Waals surface area contributed by atoms with E-state index in [0.29, 0.717) is 50.1 Å². The second-order valence-electron chi connectivity index (χ2n) is 25.0. The van der Waals surface area contributed by atoms with Crippen LogP contribution in [0.5, 0.6) is 0 Å². The number of thioether (sulfide) groups is 2. The van der Waals surface area contributed by atoms with Crippen LogP contribution in [-0.4, -0.2) is 165 Å². The van der Waals surface area contributed by atoms with E-state index in [1.54, 1.807) is 0 Å². The summed E-state index contributed by atoms with van der Waals surface area (Å²) in [6.07, 6.45) is 43.5. The SMILES string of the molecule is CCCCCCCCCCC(O)CN(CCSCCN1CC(C(C)C)N(CCSCCN(CC(O)CCCCCCCCCC)CC(O)CCCCCCCCCC)CC1C(C)C)CC(O)CCCCCCCCCC. The fourth-order valence-corrected chi connectivity index (χ4v) is 13.8. The van der Waals surface area contributed by atoms with E-state index in [2.05, 4.69) is 98.5 Å². The molecule has 1 saturated heterocycles. The van der Waals surface area contributed by atoms with Gasteiger partial charge in [0.25, 0.3) is 0 Å². The minimum absolute atomic E-state index is 0.314. The third kappa shape index (κ3) is 43.1. The minimum atomic E-state index is -0.314. The van der Waals surface area contributed by atoms with Crippen molar-refractivity contribution in [2.45, 2.75) is 323 Å². The number of unbranched alkanes of at least 4 members (excludes halogenated alkanes) is 28. The molecule has 1 fully saturated rings. The molecule has 6 unspecified atom stereocenters. The highest BCUT2D eigenvalue weighted by Gasteiger charge is 2.36. The maximum absolute atomic E-state index is 11.2. The van der Waals surface area contributed by atoms with E-state index in [1.807, 2.05) is 0 Å². The summed E-state index contributed by atoms with van der Waals surface area (Å²) in [5.74, 6) is 5.52. The molecule has 456 valence electrons. The lowest BCUT2D eigenvalue weighted by molar-refractivity contribution is -0.000487. The lowest BCUT2D eigenvalue weighted by Crippen LogP contribution is -2.61. The van der Waals surface area contributed by atoms with Crippen LogP contribution in [0, 0.1) is 11.8 Å². The highest BCUT2D eigenvalue weighted by Crippen LogP contribution is 2.26. The van der Waals surface area contributed by atoms with Crippen molar-refractivity contribution >= 4 is 23.5 Å². The molecule has 76 heavy (non-hydrogen) atoms. The summed E-state index contributed by atoms with van der Waals surface area (Å²) in [5, 5.41) is 44.8. The third-order valence-electron chi connectivity index (χ3n) is 16.9. The molecule has 1 rings (SSSR count). The molecule has 0 amide bonds. The Labute approximate surface area is 484 Å². The highest BCUT2D eigenvalue weighted by atomic mass is 32.2. The normalized spacial score (nSPS) is 17.5. The predicted octanol–water partition coefficient (Wildman–Crippen LogP) is 16.3. The Bertz CT molecular complexity index is 1050. The maximum Gasteiger partial charge on any atom is 0.0667 e. The second kappa shape index (κ2) is 53.4. The molecular weight excluding hydrogens is 977 g/mol. The van der Waals surface area contributed by atoms with Crippen molar-refractivity contribution in [3.05, 3.63) is 0 Å². The Morgan fingerprint density at radius 2 is 0.566 bits per heavy atom. The quantitative estimate of drug-likeness (QED) is 0.0441. The molecule has 1 heterocycles. The van der Waals surface area contributed by atoms with Gasteiger partial charge < -0.3 is 20.4 Å². The molecule has 4 N–H and O–H groups in total. The average molecular weight is 1110 g/mol. The average Bonchev–Trinajstić information content (AvgIpc) is 3.39. The summed E-state index contributed by atoms with van der Waals surface area (Å²) in [4.78, 5) is 10.4. The lowest BCUT2D eigenvalue weighted by Gasteiger charge is -2.49. The van der Waals surface area contributed by atoms with Crippen LogP contribution in [0.4, 0.5) is 0 Å². The number of hydrogen-bond acceptors (Lipinski definition) is 10. The van der Waals surface area contributed by atoms with Gasteiger partial charge in [0.2, 0.25) is 0 Å². The van der Waals surface area contributed by atoms with Crippen LogP contribution < -0.4 is 0 Å². The molecule has 6 atom stereocenters. The smallest absolute Gasteiger partial charge is 0.0667 e. The van der Waals surface area contributed by atoms with E-state index in [-0.39, 0.29) is 24.4 Å². The van der Waals surface area contributed by atoms with Crippen LogP contribution in [0.1, 0.15) is 287 Å². The topological polar surface area (TPSA) is 93.9 Å². The molecule has 0 aliphatic carbocycles. The molecule has 0 aromatic rings. The summed E-state index contributed by atoms with van der Waals surface area (Å²) in [6.45, 7) is 27.9. The Balaban J connectivity index is 2.73. The van der Waals surface area contributed by atoms with Crippen molar-refractivity contribution in [2.75, 3.05) is 88.5 Å². The summed E-state index contributed by atoms with van der Waals surface area (Å²) in [7, 11) is 0. The molecule has 0 bridgehead atoms. The van der Waals surface area contributed by atoms with Gasteiger partial charge in [-0.1, -0.05) is 261 Å². The van der Waals surface area contributed by atoms with Crippen molar-refractivity contribution in [3.63, 3.8) is 0 Å². The molecular formula is C66H136N4O4S2. The molecule has 0 spiro atoms. The molecule has 1 aliphatic rings. The summed E-state index contributed by atoms with van der Waals surface area (Å²) in [6, 6.07) is 1.10. The van der Waals surface area contributed by atoms with Gasteiger partial charge in [-0.15, -0.1) is 0 Å². The van der Waals surface area contributed by atoms with Crippen LogP contribution in [-0.2, 0) is 0 Å². The molecule has 0 saturated carbocycles. The fraction of sp³-hybridized carbons (Fsp3) is 1.00. The molecule has 0 aromatic carbocycles. The number of hydrogen-bond donors (Lipinski definition) is 4. The van der Waals surface area contributed by atoms with E-state index in [9.17, 15) is 20.4 Å². The van der Waals surface area contributed by atoms with Crippen molar-refractivity contribution in [3.8, 4) is 0 Å². The Hall–Kier alpha value is 0.380. The van der Waals surface area contributed by atoms with E-state index < -0.39 is 0 Å². The number of aliphatic hydroxyl groups excluding tert-OH is 4. The molecule has 0 radical (unpaired) electrons. The van der Waals surface area contributed by atoms with Gasteiger partial charge in [0.05, 0.1) is 24.4 Å². The minimum Gasteiger partial charge on any atom is -0.392 e. The van der Waals surface area contributed by atoms with Crippen molar-refractivity contribution in [1.82, 2.24) is 19.6 Å². The lowest BCUT2D eigenvalue weighted by atomic mass is 9.92. The Kier molecular flexibility index (Phi) is 52.3. The third-order valence-corrected chi connectivity index (χ3v) is 18.8. The number of rotatable bonds is 58. The van der Waals surface area contributed by atoms with E-state index >= 15 is 0 Å². The monoisotopic (exact) mass is 1110 g/mol. The van der Waals surface area contributed by atoms with Crippen molar-refractivity contribution < 1.29 is 20.4 Å². The van der Waals surface area contributed by atoms with Gasteiger partial charge in [0, 0.05) is 101 Å². The first-order valence-electron chi connectivity index (χ1n) is 33.8. The van der Waals surface area contributed by atoms with Crippen molar-refractivity contribution in [1.29, 1.82) is 0 Å². The largest absolute Gasteiger partial charge is 0.392 e. The van der Waals surface area contributed by atoms with Crippen LogP contribution in [0.2, 0.25) is 0 Å². The molecule has 8 nitrogen and oxygen atoms in total. The van der Waals surface area contributed by atoms with Gasteiger partial charge in [0.15, 0.2) is 0 Å². The zero-order chi connectivity index (χ0) is 55.7. The fourth-order valence-electron chi connectivity index (χ4n) is 11.8. The van der Waals surface area contributed by atoms with Gasteiger partial charge in [0.1, 0.15) is 0 Å². The molecule has 0 aromatic heterocycles. The van der Waals surface area contributed by atoms with Crippen LogP contribution in [0.3, 0.4) is 0 Å². The highest BCUT2D eigenvalue weighted by molar-refractivity contribution is 7.99. The van der Waals surface area contributed by atoms with Crippen LogP contribution in [0.15, 0.2) is 0 Å². The van der Waals surface area contributed by atoms with Gasteiger partial charge in [-0.3, -0.25) is 19.6 Å². The first kappa shape index (κ1) is 74.4. The van der Waals surface area contributed by atoms with Gasteiger partial charge in [-0.05, 0) is 37.5 Å². The van der Waals surface area contributed by atoms with E-state index in [4.69, 9.17) is 0 Å². The van der Waals surface area contributed by atoms with E-state index in [0.717, 1.165) is 114 Å². The number of nitrogens with zero attached hydrogens (tertiary/aromatic N) is 4. The standard InChI is InChI=1S/C66H136N4O4S2/c1-9-13-17-21-25-29-33-37-41-61(71)53-67(54-62(72)42-38-34-30-26-22-18-14-10-2)45-49-75-51-47-69-57-66(60(7)8)70(58-65(69)59(5)6)48-52-76-50-46-68(55-63(73)43-39-35-31-27-23-19-15-11-3)56-64(74)44-40-36-32-28-24-20-16-12-4/h59-66,71-74H,9-58H2,1-8H3. The number of aliphatic hydroxyl groups is 4.